The molecule has 0 bridgehead atoms. The van der Waals surface area contributed by atoms with Gasteiger partial charge in [-0.3, -0.25) is 4.79 Å². The molecule has 9 heteroatoms. The summed E-state index contributed by atoms with van der Waals surface area (Å²) in [6.45, 7) is 7.30. The third-order valence-electron chi connectivity index (χ3n) is 7.75. The molecule has 0 N–H and O–H groups in total. The first-order valence-corrected chi connectivity index (χ1v) is 13.5. The summed E-state index contributed by atoms with van der Waals surface area (Å²) < 4.78 is 24.5. The molecule has 0 spiro atoms. The van der Waals surface area contributed by atoms with Crippen molar-refractivity contribution in [2.45, 2.75) is 58.0 Å². The molecule has 5 rings (SSSR count). The lowest BCUT2D eigenvalue weighted by atomic mass is 9.90. The number of carbonyl (C=O) groups is 1. The number of likely N-dealkylation sites (tertiary alicyclic amines) is 1. The van der Waals surface area contributed by atoms with E-state index in [4.69, 9.17) is 9.26 Å². The second-order valence-electron chi connectivity index (χ2n) is 10.6. The highest BCUT2D eigenvalue weighted by atomic mass is 31.0. The highest BCUT2D eigenvalue weighted by Crippen LogP contribution is 2.50. The summed E-state index contributed by atoms with van der Waals surface area (Å²) in [5.41, 5.74) is 0.948. The third kappa shape index (κ3) is 5.79. The Kier molecular flexibility index (Phi) is 7.29. The van der Waals surface area contributed by atoms with Crippen molar-refractivity contribution in [2.75, 3.05) is 37.7 Å². The van der Waals surface area contributed by atoms with Gasteiger partial charge in [0.05, 0.1) is 26.1 Å². The van der Waals surface area contributed by atoms with Crippen molar-refractivity contribution in [3.8, 4) is 5.75 Å². The predicted molar refractivity (Wildman–Crippen MR) is 136 cm³/mol. The van der Waals surface area contributed by atoms with Gasteiger partial charge in [0, 0.05) is 19.0 Å². The Bertz CT molecular complexity index is 1030. The number of amides is 1. The lowest BCUT2D eigenvalue weighted by Gasteiger charge is -2.34. The van der Waals surface area contributed by atoms with E-state index in [1.807, 2.05) is 18.2 Å². The number of piperidine rings is 1. The topological polar surface area (TPSA) is 71.7 Å². The van der Waals surface area contributed by atoms with Gasteiger partial charge in [-0.1, -0.05) is 25.1 Å². The molecule has 1 aliphatic carbocycles. The zero-order valence-corrected chi connectivity index (χ0v) is 21.8. The minimum Gasteiger partial charge on any atom is -0.494 e. The van der Waals surface area contributed by atoms with Gasteiger partial charge in [0.25, 0.3) is 0 Å². The SMILES string of the molecule is CC(C)c1noc(N2CCC(C3CC3CCOc3ccc(CC(=O)N4CC(F)C4)c(P)c3)CC2)n1. The molecule has 3 unspecified atom stereocenters. The summed E-state index contributed by atoms with van der Waals surface area (Å²) >= 11 is 0. The zero-order chi connectivity index (χ0) is 24.5. The molecule has 0 radical (unpaired) electrons. The maximum atomic E-state index is 13.0. The largest absolute Gasteiger partial charge is 0.494 e. The first-order chi connectivity index (χ1) is 16.9. The first kappa shape index (κ1) is 24.5. The van der Waals surface area contributed by atoms with Gasteiger partial charge in [-0.15, -0.1) is 9.24 Å². The van der Waals surface area contributed by atoms with Crippen LogP contribution >= 0.6 is 9.24 Å². The maximum Gasteiger partial charge on any atom is 0.324 e. The molecule has 2 saturated heterocycles. The molecule has 1 aromatic heterocycles. The Morgan fingerprint density at radius 3 is 2.71 bits per heavy atom. The highest BCUT2D eigenvalue weighted by Gasteiger charge is 2.43. The number of hydrogen-bond donors (Lipinski definition) is 0. The van der Waals surface area contributed by atoms with E-state index < -0.39 is 6.17 Å². The molecule has 3 fully saturated rings. The molecular formula is C26H36FN4O3P. The van der Waals surface area contributed by atoms with Crippen molar-refractivity contribution in [2.24, 2.45) is 17.8 Å². The van der Waals surface area contributed by atoms with Crippen LogP contribution < -0.4 is 14.9 Å². The number of alkyl halides is 1. The van der Waals surface area contributed by atoms with Crippen molar-refractivity contribution in [1.29, 1.82) is 0 Å². The smallest absolute Gasteiger partial charge is 0.324 e. The Balaban J connectivity index is 1.01. The summed E-state index contributed by atoms with van der Waals surface area (Å²) in [7, 11) is 2.69. The van der Waals surface area contributed by atoms with E-state index in [0.29, 0.717) is 19.0 Å². The average molecular weight is 503 g/mol. The van der Waals surface area contributed by atoms with Gasteiger partial charge in [-0.05, 0) is 66.4 Å². The summed E-state index contributed by atoms with van der Waals surface area (Å²) in [6.07, 6.45) is 4.19. The number of anilines is 1. The van der Waals surface area contributed by atoms with Crippen LogP contribution in [0.25, 0.3) is 0 Å². The Morgan fingerprint density at radius 2 is 2.06 bits per heavy atom. The number of carbonyl (C=O) groups excluding carboxylic acids is 1. The number of halogens is 1. The minimum absolute atomic E-state index is 0.0146. The molecule has 3 aliphatic rings. The average Bonchev–Trinajstić information content (AvgIpc) is 3.41. The third-order valence-corrected chi connectivity index (χ3v) is 8.28. The molecule has 2 aromatic rings. The molecule has 190 valence electrons. The molecule has 2 aliphatic heterocycles. The van der Waals surface area contributed by atoms with Gasteiger partial charge in [-0.2, -0.15) is 4.98 Å². The van der Waals surface area contributed by atoms with E-state index in [0.717, 1.165) is 59.7 Å². The van der Waals surface area contributed by atoms with Crippen molar-refractivity contribution < 1.29 is 18.4 Å². The molecule has 7 nitrogen and oxygen atoms in total. The van der Waals surface area contributed by atoms with Crippen molar-refractivity contribution in [3.63, 3.8) is 0 Å². The number of rotatable bonds is 9. The normalized spacial score (nSPS) is 23.0. The van der Waals surface area contributed by atoms with Crippen LogP contribution in [0, 0.1) is 17.8 Å². The first-order valence-electron chi connectivity index (χ1n) is 12.9. The van der Waals surface area contributed by atoms with Crippen LogP contribution in [0.1, 0.15) is 56.8 Å². The molecule has 35 heavy (non-hydrogen) atoms. The Morgan fingerprint density at radius 1 is 1.29 bits per heavy atom. The van der Waals surface area contributed by atoms with Gasteiger partial charge < -0.3 is 19.1 Å². The Hall–Kier alpha value is -2.21. The quantitative estimate of drug-likeness (QED) is 0.487. The summed E-state index contributed by atoms with van der Waals surface area (Å²) in [6, 6.07) is 6.53. The van der Waals surface area contributed by atoms with Crippen LogP contribution in [-0.4, -0.2) is 59.9 Å². The fraction of sp³-hybridized carbons (Fsp3) is 0.654. The number of ether oxygens (including phenoxy) is 1. The molecular weight excluding hydrogens is 466 g/mol. The number of nitrogens with zero attached hydrogens (tertiary/aromatic N) is 4. The van der Waals surface area contributed by atoms with E-state index in [2.05, 4.69) is 38.1 Å². The summed E-state index contributed by atoms with van der Waals surface area (Å²) in [4.78, 5) is 20.6. The van der Waals surface area contributed by atoms with Crippen LogP contribution in [0.15, 0.2) is 22.7 Å². The summed E-state index contributed by atoms with van der Waals surface area (Å²) in [5, 5.41) is 5.06. The van der Waals surface area contributed by atoms with Gasteiger partial charge in [-0.25, -0.2) is 4.39 Å². The molecule has 1 amide bonds. The number of benzene rings is 1. The van der Waals surface area contributed by atoms with Gasteiger partial charge in [0.1, 0.15) is 11.9 Å². The van der Waals surface area contributed by atoms with Crippen LogP contribution in [0.4, 0.5) is 10.4 Å². The predicted octanol–water partition coefficient (Wildman–Crippen LogP) is 3.74. The van der Waals surface area contributed by atoms with E-state index in [9.17, 15) is 9.18 Å². The van der Waals surface area contributed by atoms with E-state index in [1.165, 1.54) is 19.3 Å². The lowest BCUT2D eigenvalue weighted by Crippen LogP contribution is -2.52. The van der Waals surface area contributed by atoms with Crippen molar-refractivity contribution >= 4 is 26.5 Å². The minimum atomic E-state index is -0.862. The van der Waals surface area contributed by atoms with Crippen LogP contribution in [0.2, 0.25) is 0 Å². The van der Waals surface area contributed by atoms with Crippen LogP contribution in [0.5, 0.6) is 5.75 Å². The van der Waals surface area contributed by atoms with Crippen LogP contribution in [-0.2, 0) is 11.2 Å². The zero-order valence-electron chi connectivity index (χ0n) is 20.7. The highest BCUT2D eigenvalue weighted by molar-refractivity contribution is 7.27. The maximum absolute atomic E-state index is 13.0. The second kappa shape index (κ2) is 10.4. The van der Waals surface area contributed by atoms with E-state index in [1.54, 1.807) is 4.90 Å². The lowest BCUT2D eigenvalue weighted by molar-refractivity contribution is -0.137. The number of aromatic nitrogens is 2. The monoisotopic (exact) mass is 502 g/mol. The van der Waals surface area contributed by atoms with Gasteiger partial charge >= 0.3 is 6.01 Å². The van der Waals surface area contributed by atoms with Crippen molar-refractivity contribution in [3.05, 3.63) is 29.6 Å². The molecule has 3 atom stereocenters. The number of hydrogen-bond acceptors (Lipinski definition) is 6. The Labute approximate surface area is 209 Å². The molecule has 1 saturated carbocycles. The van der Waals surface area contributed by atoms with Crippen LogP contribution in [0.3, 0.4) is 0 Å². The van der Waals surface area contributed by atoms with Gasteiger partial charge in [0.15, 0.2) is 5.82 Å². The van der Waals surface area contributed by atoms with E-state index in [-0.39, 0.29) is 24.9 Å². The fourth-order valence-electron chi connectivity index (χ4n) is 5.34. The molecule has 1 aromatic carbocycles. The van der Waals surface area contributed by atoms with E-state index >= 15 is 0 Å². The van der Waals surface area contributed by atoms with Crippen molar-refractivity contribution in [1.82, 2.24) is 15.0 Å². The second-order valence-corrected chi connectivity index (χ2v) is 11.3. The fourth-order valence-corrected chi connectivity index (χ4v) is 5.71. The van der Waals surface area contributed by atoms with Gasteiger partial charge in [0.2, 0.25) is 5.91 Å². The standard InChI is InChI=1S/C26H36FN4O3P/c1-16(2)25-28-26(34-29-25)30-8-5-17(6-9-30)22-11-18(22)7-10-33-21-4-3-19(23(35)13-21)12-24(32)31-14-20(27)15-31/h3-4,13,16-18,20,22H,5-12,14-15,35H2,1-2H3. The molecule has 3 heterocycles. The summed E-state index contributed by atoms with van der Waals surface area (Å²) in [5.74, 6) is 4.23.